The molecule has 0 N–H and O–H groups in total. The Kier molecular flexibility index (Phi) is 4.31. The minimum atomic E-state index is -0.379. The van der Waals surface area contributed by atoms with E-state index >= 15 is 0 Å². The number of carbonyl (C=O) groups is 1. The second-order valence-electron chi connectivity index (χ2n) is 4.78. The number of nitrogens with zero attached hydrogens (tertiary/aromatic N) is 1. The van der Waals surface area contributed by atoms with Crippen molar-refractivity contribution in [3.05, 3.63) is 29.6 Å². The molecular weight excluding hydrogens is 233 g/mol. The Hall–Kier alpha value is -1.42. The van der Waals surface area contributed by atoms with E-state index in [0.29, 0.717) is 17.8 Å². The zero-order valence-corrected chi connectivity index (χ0v) is 10.6. The van der Waals surface area contributed by atoms with Crippen LogP contribution < -0.4 is 4.90 Å². The second kappa shape index (κ2) is 5.96. The lowest BCUT2D eigenvalue weighted by Crippen LogP contribution is -2.31. The number of aldehydes is 1. The Balaban J connectivity index is 2.07. The lowest BCUT2D eigenvalue weighted by atomic mass is 10.0. The SMILES string of the molecule is CN(CC1CCCOC1)c1ccc(F)cc1C=O. The number of benzene rings is 1. The average molecular weight is 251 g/mol. The van der Waals surface area contributed by atoms with Crippen LogP contribution in [0.15, 0.2) is 18.2 Å². The number of rotatable bonds is 4. The van der Waals surface area contributed by atoms with Gasteiger partial charge in [-0.15, -0.1) is 0 Å². The molecule has 0 saturated carbocycles. The standard InChI is InChI=1S/C14H18FNO2/c1-16(8-11-3-2-6-18-10-11)14-5-4-13(15)7-12(14)9-17/h4-5,7,9,11H,2-3,6,8,10H2,1H3. The number of anilines is 1. The van der Waals surface area contributed by atoms with Gasteiger partial charge in [0.25, 0.3) is 0 Å². The van der Waals surface area contributed by atoms with Crippen molar-refractivity contribution in [3.8, 4) is 0 Å². The Bertz CT molecular complexity index is 416. The van der Waals surface area contributed by atoms with Gasteiger partial charge in [-0.25, -0.2) is 4.39 Å². The van der Waals surface area contributed by atoms with Crippen LogP contribution >= 0.6 is 0 Å². The molecule has 1 fully saturated rings. The second-order valence-corrected chi connectivity index (χ2v) is 4.78. The first-order chi connectivity index (χ1) is 8.70. The third-order valence-corrected chi connectivity index (χ3v) is 3.31. The summed E-state index contributed by atoms with van der Waals surface area (Å²) in [7, 11) is 1.93. The molecule has 1 saturated heterocycles. The highest BCUT2D eigenvalue weighted by Crippen LogP contribution is 2.22. The highest BCUT2D eigenvalue weighted by molar-refractivity contribution is 5.84. The smallest absolute Gasteiger partial charge is 0.152 e. The zero-order valence-electron chi connectivity index (χ0n) is 10.6. The Morgan fingerprint density at radius 2 is 2.39 bits per heavy atom. The molecule has 18 heavy (non-hydrogen) atoms. The van der Waals surface area contributed by atoms with Gasteiger partial charge >= 0.3 is 0 Å². The Labute approximate surface area is 107 Å². The lowest BCUT2D eigenvalue weighted by molar-refractivity contribution is 0.0576. The maximum atomic E-state index is 13.1. The number of hydrogen-bond donors (Lipinski definition) is 0. The van der Waals surface area contributed by atoms with Crippen LogP contribution in [0.4, 0.5) is 10.1 Å². The van der Waals surface area contributed by atoms with E-state index in [4.69, 9.17) is 4.74 Å². The highest BCUT2D eigenvalue weighted by atomic mass is 19.1. The van der Waals surface area contributed by atoms with Crippen LogP contribution in [0.5, 0.6) is 0 Å². The van der Waals surface area contributed by atoms with Gasteiger partial charge in [0.2, 0.25) is 0 Å². The maximum absolute atomic E-state index is 13.1. The lowest BCUT2D eigenvalue weighted by Gasteiger charge is -2.29. The van der Waals surface area contributed by atoms with Gasteiger partial charge in [0.1, 0.15) is 5.82 Å². The molecule has 3 nitrogen and oxygen atoms in total. The monoisotopic (exact) mass is 251 g/mol. The Morgan fingerprint density at radius 1 is 1.56 bits per heavy atom. The summed E-state index contributed by atoms with van der Waals surface area (Å²) in [6, 6.07) is 4.31. The number of ether oxygens (including phenoxy) is 1. The molecule has 2 rings (SSSR count). The van der Waals surface area contributed by atoms with Gasteiger partial charge in [-0.2, -0.15) is 0 Å². The van der Waals surface area contributed by atoms with Crippen LogP contribution in [0, 0.1) is 11.7 Å². The molecule has 0 radical (unpaired) electrons. The topological polar surface area (TPSA) is 29.5 Å². The van der Waals surface area contributed by atoms with Crippen molar-refractivity contribution >= 4 is 12.0 Å². The molecule has 0 aromatic heterocycles. The zero-order chi connectivity index (χ0) is 13.0. The molecule has 1 aliphatic rings. The van der Waals surface area contributed by atoms with Crippen LogP contribution in [-0.4, -0.2) is 33.1 Å². The molecular formula is C14H18FNO2. The van der Waals surface area contributed by atoms with Crippen molar-refractivity contribution in [2.24, 2.45) is 5.92 Å². The fourth-order valence-corrected chi connectivity index (χ4v) is 2.40. The fourth-order valence-electron chi connectivity index (χ4n) is 2.40. The quantitative estimate of drug-likeness (QED) is 0.770. The number of carbonyl (C=O) groups excluding carboxylic acids is 1. The summed E-state index contributed by atoms with van der Waals surface area (Å²) in [6.07, 6.45) is 2.93. The molecule has 0 aliphatic carbocycles. The van der Waals surface area contributed by atoms with E-state index in [2.05, 4.69) is 0 Å². The third-order valence-electron chi connectivity index (χ3n) is 3.31. The molecule has 1 atom stereocenters. The normalized spacial score (nSPS) is 19.6. The van der Waals surface area contributed by atoms with Crippen molar-refractivity contribution in [2.75, 3.05) is 31.7 Å². The fraction of sp³-hybridized carbons (Fsp3) is 0.500. The minimum Gasteiger partial charge on any atom is -0.381 e. The van der Waals surface area contributed by atoms with Gasteiger partial charge in [-0.1, -0.05) is 0 Å². The van der Waals surface area contributed by atoms with E-state index in [0.717, 1.165) is 38.3 Å². The van der Waals surface area contributed by atoms with Gasteiger partial charge in [-0.3, -0.25) is 4.79 Å². The van der Waals surface area contributed by atoms with Gasteiger partial charge in [0, 0.05) is 31.5 Å². The van der Waals surface area contributed by atoms with Crippen LogP contribution in [0.2, 0.25) is 0 Å². The van der Waals surface area contributed by atoms with Gasteiger partial charge in [-0.05, 0) is 37.0 Å². The first kappa shape index (κ1) is 13.0. The van der Waals surface area contributed by atoms with Crippen molar-refractivity contribution in [2.45, 2.75) is 12.8 Å². The van der Waals surface area contributed by atoms with Gasteiger partial charge in [0.05, 0.1) is 6.61 Å². The average Bonchev–Trinajstić information content (AvgIpc) is 2.39. The first-order valence-corrected chi connectivity index (χ1v) is 6.24. The number of halogens is 1. The third kappa shape index (κ3) is 3.07. The van der Waals surface area contributed by atoms with Crippen LogP contribution in [-0.2, 0) is 4.74 Å². The summed E-state index contributed by atoms with van der Waals surface area (Å²) < 4.78 is 18.5. The van der Waals surface area contributed by atoms with Gasteiger partial charge < -0.3 is 9.64 Å². The van der Waals surface area contributed by atoms with Crippen LogP contribution in [0.1, 0.15) is 23.2 Å². The summed E-state index contributed by atoms with van der Waals surface area (Å²) in [4.78, 5) is 13.0. The van der Waals surface area contributed by atoms with E-state index in [-0.39, 0.29) is 5.82 Å². The van der Waals surface area contributed by atoms with Gasteiger partial charge in [0.15, 0.2) is 6.29 Å². The molecule has 1 aliphatic heterocycles. The summed E-state index contributed by atoms with van der Waals surface area (Å²) >= 11 is 0. The van der Waals surface area contributed by atoms with E-state index in [9.17, 15) is 9.18 Å². The molecule has 1 aromatic rings. The predicted molar refractivity (Wildman–Crippen MR) is 68.6 cm³/mol. The largest absolute Gasteiger partial charge is 0.381 e. The molecule has 0 bridgehead atoms. The molecule has 0 amide bonds. The summed E-state index contributed by atoms with van der Waals surface area (Å²) in [5, 5.41) is 0. The van der Waals surface area contributed by atoms with E-state index in [1.54, 1.807) is 6.07 Å². The van der Waals surface area contributed by atoms with Crippen LogP contribution in [0.3, 0.4) is 0 Å². The van der Waals surface area contributed by atoms with E-state index in [1.807, 2.05) is 11.9 Å². The first-order valence-electron chi connectivity index (χ1n) is 6.24. The van der Waals surface area contributed by atoms with Crippen molar-refractivity contribution in [3.63, 3.8) is 0 Å². The van der Waals surface area contributed by atoms with Crippen molar-refractivity contribution < 1.29 is 13.9 Å². The number of hydrogen-bond acceptors (Lipinski definition) is 3. The molecule has 1 unspecified atom stereocenters. The Morgan fingerprint density at radius 3 is 3.06 bits per heavy atom. The molecule has 98 valence electrons. The maximum Gasteiger partial charge on any atom is 0.152 e. The highest BCUT2D eigenvalue weighted by Gasteiger charge is 2.17. The van der Waals surface area contributed by atoms with E-state index < -0.39 is 0 Å². The minimum absolute atomic E-state index is 0.379. The molecule has 1 heterocycles. The van der Waals surface area contributed by atoms with Crippen molar-refractivity contribution in [1.29, 1.82) is 0 Å². The molecule has 4 heteroatoms. The summed E-state index contributed by atoms with van der Waals surface area (Å²) in [5.74, 6) is 0.101. The molecule has 0 spiro atoms. The van der Waals surface area contributed by atoms with E-state index in [1.165, 1.54) is 12.1 Å². The van der Waals surface area contributed by atoms with Crippen molar-refractivity contribution in [1.82, 2.24) is 0 Å². The summed E-state index contributed by atoms with van der Waals surface area (Å²) in [6.45, 7) is 2.44. The summed E-state index contributed by atoms with van der Waals surface area (Å²) in [5.41, 5.74) is 1.17. The van der Waals surface area contributed by atoms with Crippen LogP contribution in [0.25, 0.3) is 0 Å². The predicted octanol–water partition coefficient (Wildman–Crippen LogP) is 2.50. The molecule has 1 aromatic carbocycles.